The van der Waals surface area contributed by atoms with E-state index >= 15 is 0 Å². The zero-order valence-electron chi connectivity index (χ0n) is 20.2. The van der Waals surface area contributed by atoms with E-state index in [0.29, 0.717) is 37.5 Å². The summed E-state index contributed by atoms with van der Waals surface area (Å²) in [6.45, 7) is 3.79. The van der Waals surface area contributed by atoms with E-state index in [9.17, 15) is 9.59 Å². The van der Waals surface area contributed by atoms with Crippen LogP contribution < -0.4 is 10.1 Å². The number of hydrogen-bond acceptors (Lipinski definition) is 5. The molecule has 0 aromatic heterocycles. The van der Waals surface area contributed by atoms with E-state index in [1.165, 1.54) is 32.8 Å². The molecule has 4 rings (SSSR count). The molecule has 1 aliphatic heterocycles. The number of hydrogen-bond donors (Lipinski definition) is 1. The van der Waals surface area contributed by atoms with Crippen LogP contribution in [0.5, 0.6) is 5.75 Å². The van der Waals surface area contributed by atoms with Crippen molar-refractivity contribution >= 4 is 11.9 Å². The fraction of sp³-hybridized carbons (Fsp3) is 0.500. The molecule has 1 amide bonds. The molecule has 34 heavy (non-hydrogen) atoms. The third kappa shape index (κ3) is 5.44. The molecule has 2 aromatic rings. The monoisotopic (exact) mass is 465 g/mol. The largest absolute Gasteiger partial charge is 0.493 e. The van der Waals surface area contributed by atoms with Crippen LogP contribution in [0, 0.1) is 5.92 Å². The Hall–Kier alpha value is -2.86. The average Bonchev–Trinajstić information content (AvgIpc) is 3.41. The maximum Gasteiger partial charge on any atom is 0.337 e. The summed E-state index contributed by atoms with van der Waals surface area (Å²) in [5, 5.41) is 3.21. The molecule has 2 aromatic carbocycles. The molecule has 6 nitrogen and oxygen atoms in total. The predicted octanol–water partition coefficient (Wildman–Crippen LogP) is 4.97. The van der Waals surface area contributed by atoms with Gasteiger partial charge in [0.2, 0.25) is 5.91 Å². The second-order valence-corrected chi connectivity index (χ2v) is 9.49. The minimum Gasteiger partial charge on any atom is -0.493 e. The van der Waals surface area contributed by atoms with Crippen molar-refractivity contribution in [2.75, 3.05) is 26.9 Å². The Labute approximate surface area is 202 Å². The van der Waals surface area contributed by atoms with Crippen LogP contribution in [-0.4, -0.2) is 38.8 Å². The van der Waals surface area contributed by atoms with Gasteiger partial charge in [0.25, 0.3) is 0 Å². The van der Waals surface area contributed by atoms with Gasteiger partial charge in [-0.2, -0.15) is 0 Å². The van der Waals surface area contributed by atoms with Crippen molar-refractivity contribution in [2.45, 2.75) is 56.9 Å². The molecule has 182 valence electrons. The van der Waals surface area contributed by atoms with Crippen LogP contribution in [-0.2, 0) is 19.7 Å². The Morgan fingerprint density at radius 1 is 1.09 bits per heavy atom. The summed E-state index contributed by atoms with van der Waals surface area (Å²) in [6, 6.07) is 15.0. The maximum atomic E-state index is 13.7. The zero-order valence-corrected chi connectivity index (χ0v) is 20.2. The van der Waals surface area contributed by atoms with E-state index < -0.39 is 5.41 Å². The van der Waals surface area contributed by atoms with Crippen LogP contribution >= 0.6 is 0 Å². The summed E-state index contributed by atoms with van der Waals surface area (Å²) in [4.78, 5) is 25.4. The van der Waals surface area contributed by atoms with Crippen LogP contribution in [0.25, 0.3) is 0 Å². The van der Waals surface area contributed by atoms with Gasteiger partial charge in [-0.3, -0.25) is 4.79 Å². The number of amides is 1. The highest BCUT2D eigenvalue weighted by atomic mass is 16.5. The van der Waals surface area contributed by atoms with E-state index in [0.717, 1.165) is 23.5 Å². The quantitative estimate of drug-likeness (QED) is 0.558. The number of esters is 1. The summed E-state index contributed by atoms with van der Waals surface area (Å²) in [5.74, 6) is 1.08. The molecule has 1 atom stereocenters. The molecule has 1 saturated carbocycles. The lowest BCUT2D eigenvalue weighted by Crippen LogP contribution is -2.48. The molecule has 0 bridgehead atoms. The lowest BCUT2D eigenvalue weighted by Gasteiger charge is -2.37. The Kier molecular flexibility index (Phi) is 7.88. The van der Waals surface area contributed by atoms with Crippen molar-refractivity contribution in [3.8, 4) is 5.75 Å². The van der Waals surface area contributed by atoms with Gasteiger partial charge >= 0.3 is 5.97 Å². The van der Waals surface area contributed by atoms with Crippen molar-refractivity contribution in [1.29, 1.82) is 0 Å². The third-order valence-electron chi connectivity index (χ3n) is 7.31. The van der Waals surface area contributed by atoms with E-state index in [2.05, 4.69) is 5.32 Å². The predicted molar refractivity (Wildman–Crippen MR) is 130 cm³/mol. The van der Waals surface area contributed by atoms with Crippen LogP contribution in [0.1, 0.15) is 73.0 Å². The summed E-state index contributed by atoms with van der Waals surface area (Å²) >= 11 is 0. The van der Waals surface area contributed by atoms with E-state index in [4.69, 9.17) is 14.2 Å². The number of rotatable bonds is 8. The van der Waals surface area contributed by atoms with E-state index in [1.54, 1.807) is 12.1 Å². The average molecular weight is 466 g/mol. The Balaban J connectivity index is 1.49. The second-order valence-electron chi connectivity index (χ2n) is 9.49. The first-order chi connectivity index (χ1) is 16.5. The first-order valence-corrected chi connectivity index (χ1v) is 12.3. The minimum atomic E-state index is -0.662. The summed E-state index contributed by atoms with van der Waals surface area (Å²) in [7, 11) is 1.36. The van der Waals surface area contributed by atoms with Crippen molar-refractivity contribution in [3.05, 3.63) is 65.2 Å². The number of benzene rings is 2. The van der Waals surface area contributed by atoms with Crippen molar-refractivity contribution in [3.63, 3.8) is 0 Å². The fourth-order valence-corrected chi connectivity index (χ4v) is 5.09. The van der Waals surface area contributed by atoms with Gasteiger partial charge < -0.3 is 19.5 Å². The van der Waals surface area contributed by atoms with Crippen molar-refractivity contribution < 1.29 is 23.8 Å². The molecular formula is C28H35NO5. The SMILES string of the molecule is COC(=O)c1ccc(C(C)NC(=O)C2(c3cccc(OCC4CCCC4)c3)CCOCC2)cc1. The Bertz CT molecular complexity index is 975. The third-order valence-corrected chi connectivity index (χ3v) is 7.31. The lowest BCUT2D eigenvalue weighted by molar-refractivity contribution is -0.131. The van der Waals surface area contributed by atoms with Crippen LogP contribution in [0.4, 0.5) is 0 Å². The number of carbonyl (C=O) groups excluding carboxylic acids is 2. The van der Waals surface area contributed by atoms with E-state index in [-0.39, 0.29) is 17.9 Å². The van der Waals surface area contributed by atoms with Crippen molar-refractivity contribution in [1.82, 2.24) is 5.32 Å². The molecule has 1 saturated heterocycles. The summed E-state index contributed by atoms with van der Waals surface area (Å²) in [6.07, 6.45) is 6.31. The van der Waals surface area contributed by atoms with Gasteiger partial charge in [0, 0.05) is 13.2 Å². The van der Waals surface area contributed by atoms with Gasteiger partial charge in [-0.05, 0) is 73.9 Å². The van der Waals surface area contributed by atoms with Gasteiger partial charge in [0.1, 0.15) is 5.75 Å². The molecule has 6 heteroatoms. The summed E-state index contributed by atoms with van der Waals surface area (Å²) in [5.41, 5.74) is 1.73. The molecule has 1 aliphatic carbocycles. The molecule has 2 fully saturated rings. The highest BCUT2D eigenvalue weighted by Crippen LogP contribution is 2.37. The molecule has 1 unspecified atom stereocenters. The lowest BCUT2D eigenvalue weighted by atomic mass is 9.73. The highest BCUT2D eigenvalue weighted by Gasteiger charge is 2.42. The number of nitrogens with one attached hydrogen (secondary N) is 1. The fourth-order valence-electron chi connectivity index (χ4n) is 5.09. The van der Waals surface area contributed by atoms with Gasteiger partial charge in [-0.1, -0.05) is 37.1 Å². The second kappa shape index (κ2) is 11.0. The zero-order chi connectivity index (χ0) is 24.0. The minimum absolute atomic E-state index is 0.00622. The van der Waals surface area contributed by atoms with Gasteiger partial charge in [-0.25, -0.2) is 4.79 Å². The molecule has 2 aliphatic rings. The number of ether oxygens (including phenoxy) is 3. The topological polar surface area (TPSA) is 73.9 Å². The summed E-state index contributed by atoms with van der Waals surface area (Å²) < 4.78 is 16.5. The smallest absolute Gasteiger partial charge is 0.337 e. The van der Waals surface area contributed by atoms with Crippen LogP contribution in [0.15, 0.2) is 48.5 Å². The first-order valence-electron chi connectivity index (χ1n) is 12.3. The van der Waals surface area contributed by atoms with Crippen molar-refractivity contribution in [2.24, 2.45) is 5.92 Å². The molecule has 1 heterocycles. The van der Waals surface area contributed by atoms with E-state index in [1.807, 2.05) is 43.3 Å². The Morgan fingerprint density at radius 2 is 1.79 bits per heavy atom. The standard InChI is InChI=1S/C28H35NO5/c1-20(22-10-12-23(13-11-22)26(30)32-2)29-27(31)28(14-16-33-17-15-28)24-8-5-9-25(18-24)34-19-21-6-3-4-7-21/h5,8-13,18,20-21H,3-4,6-7,14-17,19H2,1-2H3,(H,29,31). The van der Waals surface area contributed by atoms with Gasteiger partial charge in [-0.15, -0.1) is 0 Å². The first kappa shape index (κ1) is 24.3. The molecule has 0 radical (unpaired) electrons. The van der Waals surface area contributed by atoms with Gasteiger partial charge in [0.15, 0.2) is 0 Å². The van der Waals surface area contributed by atoms with Crippen LogP contribution in [0.2, 0.25) is 0 Å². The number of carbonyl (C=O) groups is 2. The Morgan fingerprint density at radius 3 is 2.47 bits per heavy atom. The molecular weight excluding hydrogens is 430 g/mol. The van der Waals surface area contributed by atoms with Gasteiger partial charge in [0.05, 0.1) is 30.7 Å². The maximum absolute atomic E-state index is 13.7. The normalized spacial score (nSPS) is 18.8. The molecule has 1 N–H and O–H groups in total. The van der Waals surface area contributed by atoms with Crippen LogP contribution in [0.3, 0.4) is 0 Å². The number of methoxy groups -OCH3 is 1. The highest BCUT2D eigenvalue weighted by molar-refractivity contribution is 5.90. The molecule has 0 spiro atoms.